The summed E-state index contributed by atoms with van der Waals surface area (Å²) in [4.78, 5) is 18.1. The molecule has 1 fully saturated rings. The Kier molecular flexibility index (Phi) is 4.07. The van der Waals surface area contributed by atoms with Gasteiger partial charge in [-0.25, -0.2) is 0 Å². The fraction of sp³-hybridized carbons (Fsp3) is 0.409. The van der Waals surface area contributed by atoms with Crippen LogP contribution in [0.3, 0.4) is 0 Å². The van der Waals surface area contributed by atoms with Crippen molar-refractivity contribution >= 4 is 16.8 Å². The van der Waals surface area contributed by atoms with Crippen LogP contribution in [0, 0.1) is 0 Å². The van der Waals surface area contributed by atoms with E-state index in [0.29, 0.717) is 11.5 Å². The highest BCUT2D eigenvalue weighted by Gasteiger charge is 2.29. The Hall–Kier alpha value is -2.89. The fourth-order valence-corrected chi connectivity index (χ4v) is 4.22. The first kappa shape index (κ1) is 17.2. The Labute approximate surface area is 163 Å². The number of carbonyl (C=O) groups excluding carboxylic acids is 1. The Morgan fingerprint density at radius 3 is 2.89 bits per heavy atom. The zero-order chi connectivity index (χ0) is 19.3. The number of benzene rings is 1. The molecule has 1 saturated carbocycles. The molecule has 1 aromatic carbocycles. The molecule has 0 radical (unpaired) electrons. The van der Waals surface area contributed by atoms with Crippen molar-refractivity contribution in [2.24, 2.45) is 7.05 Å². The van der Waals surface area contributed by atoms with E-state index in [1.807, 2.05) is 42.2 Å². The molecule has 2 heterocycles. The van der Waals surface area contributed by atoms with Gasteiger partial charge in [-0.2, -0.15) is 5.10 Å². The van der Waals surface area contributed by atoms with Crippen LogP contribution in [0.15, 0.2) is 30.5 Å². The minimum atomic E-state index is -0.0516. The first-order chi connectivity index (χ1) is 13.6. The number of hydrogen-bond donors (Lipinski definition) is 1. The summed E-state index contributed by atoms with van der Waals surface area (Å²) < 4.78 is 7.30. The van der Waals surface area contributed by atoms with Crippen molar-refractivity contribution in [1.82, 2.24) is 20.1 Å². The second kappa shape index (κ2) is 6.62. The summed E-state index contributed by atoms with van der Waals surface area (Å²) in [7, 11) is 3.60. The largest absolute Gasteiger partial charge is 0.497 e. The monoisotopic (exact) mass is 376 g/mol. The van der Waals surface area contributed by atoms with Crippen molar-refractivity contribution in [1.29, 1.82) is 0 Å². The first-order valence-electron chi connectivity index (χ1n) is 9.94. The number of ether oxygens (including phenoxy) is 1. The molecular formula is C22H24N4O2. The maximum atomic E-state index is 13.3. The minimum absolute atomic E-state index is 0.00291. The number of aromatic nitrogens is 3. The normalized spacial score (nSPS) is 18.7. The Morgan fingerprint density at radius 1 is 1.25 bits per heavy atom. The Morgan fingerprint density at radius 2 is 2.11 bits per heavy atom. The molecule has 0 bridgehead atoms. The van der Waals surface area contributed by atoms with E-state index in [2.05, 4.69) is 10.4 Å². The maximum absolute atomic E-state index is 13.3. The van der Waals surface area contributed by atoms with Gasteiger partial charge >= 0.3 is 0 Å². The summed E-state index contributed by atoms with van der Waals surface area (Å²) in [6, 6.07) is 7.72. The van der Waals surface area contributed by atoms with Crippen LogP contribution in [0.5, 0.6) is 5.75 Å². The average molecular weight is 376 g/mol. The Balaban J connectivity index is 1.53. The van der Waals surface area contributed by atoms with Gasteiger partial charge in [-0.1, -0.05) is 0 Å². The third-order valence-electron chi connectivity index (χ3n) is 5.96. The van der Waals surface area contributed by atoms with Crippen LogP contribution in [0.25, 0.3) is 10.9 Å². The Bertz CT molecular complexity index is 1070. The zero-order valence-electron chi connectivity index (χ0n) is 16.2. The molecule has 1 unspecified atom stereocenters. The summed E-state index contributed by atoms with van der Waals surface area (Å²) in [5, 5.41) is 8.48. The number of fused-ring (bicyclic) bond motifs is 2. The minimum Gasteiger partial charge on any atom is -0.497 e. The third kappa shape index (κ3) is 2.93. The number of rotatable bonds is 4. The number of hydrogen-bond acceptors (Lipinski definition) is 4. The molecule has 0 aliphatic heterocycles. The number of pyridine rings is 1. The quantitative estimate of drug-likeness (QED) is 0.754. The van der Waals surface area contributed by atoms with Crippen molar-refractivity contribution < 1.29 is 9.53 Å². The van der Waals surface area contributed by atoms with E-state index in [-0.39, 0.29) is 11.9 Å². The highest BCUT2D eigenvalue weighted by Crippen LogP contribution is 2.40. The highest BCUT2D eigenvalue weighted by molar-refractivity contribution is 6.06. The fourth-order valence-electron chi connectivity index (χ4n) is 4.22. The van der Waals surface area contributed by atoms with Crippen LogP contribution in [-0.2, 0) is 13.5 Å². The zero-order valence-corrected chi connectivity index (χ0v) is 16.2. The number of aryl methyl sites for hydroxylation is 1. The van der Waals surface area contributed by atoms with Crippen molar-refractivity contribution in [3.63, 3.8) is 0 Å². The SMILES string of the molecule is COc1ccc2nc(C3CC3)cc(C(=O)NC3CCCc4c3cnn4C)c2c1. The molecule has 1 N–H and O–H groups in total. The standard InChI is InChI=1S/C22H24N4O2/c1-26-21-5-3-4-18(17(21)12-23-26)25-22(27)16-11-20(13-6-7-13)24-19-9-8-14(28-2)10-15(16)19/h8-13,18H,3-7H2,1-2H3,(H,25,27). The van der Waals surface area contributed by atoms with Gasteiger partial charge in [0.15, 0.2) is 0 Å². The van der Waals surface area contributed by atoms with Gasteiger partial charge in [-0.15, -0.1) is 0 Å². The van der Waals surface area contributed by atoms with Crippen LogP contribution in [0.1, 0.15) is 65.0 Å². The van der Waals surface area contributed by atoms with E-state index in [0.717, 1.165) is 60.0 Å². The number of methoxy groups -OCH3 is 1. The van der Waals surface area contributed by atoms with E-state index in [1.165, 1.54) is 5.69 Å². The van der Waals surface area contributed by atoms with E-state index in [1.54, 1.807) is 7.11 Å². The lowest BCUT2D eigenvalue weighted by Crippen LogP contribution is -2.31. The van der Waals surface area contributed by atoms with Gasteiger partial charge in [-0.3, -0.25) is 14.5 Å². The van der Waals surface area contributed by atoms with Gasteiger partial charge in [0.2, 0.25) is 0 Å². The number of amides is 1. The number of nitrogens with zero attached hydrogens (tertiary/aromatic N) is 3. The van der Waals surface area contributed by atoms with E-state index >= 15 is 0 Å². The molecule has 1 atom stereocenters. The van der Waals surface area contributed by atoms with Crippen LogP contribution in [0.4, 0.5) is 0 Å². The summed E-state index contributed by atoms with van der Waals surface area (Å²) in [6.45, 7) is 0. The average Bonchev–Trinajstić information content (AvgIpc) is 3.50. The molecule has 3 aromatic rings. The van der Waals surface area contributed by atoms with Crippen LogP contribution in [-0.4, -0.2) is 27.8 Å². The summed E-state index contributed by atoms with van der Waals surface area (Å²) in [5.74, 6) is 1.16. The van der Waals surface area contributed by atoms with Crippen molar-refractivity contribution in [2.45, 2.75) is 44.1 Å². The molecule has 5 rings (SSSR count). The van der Waals surface area contributed by atoms with Crippen molar-refractivity contribution in [2.75, 3.05) is 7.11 Å². The second-order valence-electron chi connectivity index (χ2n) is 7.84. The van der Waals surface area contributed by atoms with Gasteiger partial charge in [0.1, 0.15) is 5.75 Å². The molecule has 2 aliphatic rings. The van der Waals surface area contributed by atoms with Gasteiger partial charge in [-0.05, 0) is 56.4 Å². The molecule has 0 spiro atoms. The maximum Gasteiger partial charge on any atom is 0.252 e. The molecule has 1 amide bonds. The molecule has 6 heteroatoms. The molecule has 28 heavy (non-hydrogen) atoms. The predicted molar refractivity (Wildman–Crippen MR) is 107 cm³/mol. The van der Waals surface area contributed by atoms with E-state index in [4.69, 9.17) is 9.72 Å². The first-order valence-corrected chi connectivity index (χ1v) is 9.94. The smallest absolute Gasteiger partial charge is 0.252 e. The highest BCUT2D eigenvalue weighted by atomic mass is 16.5. The van der Waals surface area contributed by atoms with Gasteiger partial charge in [0, 0.05) is 35.3 Å². The van der Waals surface area contributed by atoms with E-state index in [9.17, 15) is 4.79 Å². The van der Waals surface area contributed by atoms with Crippen molar-refractivity contribution in [3.05, 3.63) is 53.0 Å². The lowest BCUT2D eigenvalue weighted by molar-refractivity contribution is 0.0934. The lowest BCUT2D eigenvalue weighted by atomic mass is 9.92. The summed E-state index contributed by atoms with van der Waals surface area (Å²) in [5.41, 5.74) is 4.91. The van der Waals surface area contributed by atoms with E-state index < -0.39 is 0 Å². The summed E-state index contributed by atoms with van der Waals surface area (Å²) in [6.07, 6.45) is 7.19. The lowest BCUT2D eigenvalue weighted by Gasteiger charge is -2.24. The van der Waals surface area contributed by atoms with Gasteiger partial charge in [0.25, 0.3) is 5.91 Å². The van der Waals surface area contributed by atoms with Gasteiger partial charge in [0.05, 0.1) is 30.4 Å². The summed E-state index contributed by atoms with van der Waals surface area (Å²) >= 11 is 0. The molecule has 144 valence electrons. The van der Waals surface area contributed by atoms with Crippen LogP contribution in [0.2, 0.25) is 0 Å². The second-order valence-corrected chi connectivity index (χ2v) is 7.84. The molecule has 2 aromatic heterocycles. The predicted octanol–water partition coefficient (Wildman–Crippen LogP) is 3.66. The molecular weight excluding hydrogens is 352 g/mol. The van der Waals surface area contributed by atoms with Gasteiger partial charge < -0.3 is 10.1 Å². The van der Waals surface area contributed by atoms with Crippen molar-refractivity contribution in [3.8, 4) is 5.75 Å². The number of carbonyl (C=O) groups is 1. The van der Waals surface area contributed by atoms with Crippen LogP contribution >= 0.6 is 0 Å². The molecule has 2 aliphatic carbocycles. The molecule has 0 saturated heterocycles. The third-order valence-corrected chi connectivity index (χ3v) is 5.96. The molecule has 6 nitrogen and oxygen atoms in total. The number of nitrogens with one attached hydrogen (secondary N) is 1. The topological polar surface area (TPSA) is 69.0 Å². The van der Waals surface area contributed by atoms with Crippen LogP contribution < -0.4 is 10.1 Å².